The molecule has 1 aromatic rings. The van der Waals surface area contributed by atoms with E-state index < -0.39 is 23.7 Å². The topological polar surface area (TPSA) is 90.5 Å². The van der Waals surface area contributed by atoms with Crippen molar-refractivity contribution in [2.24, 2.45) is 0 Å². The van der Waals surface area contributed by atoms with Gasteiger partial charge < -0.3 is 15.5 Å². The molecule has 0 aromatic heterocycles. The maximum atomic E-state index is 14.3. The number of carbonyl (C=O) groups excluding carboxylic acids is 3. The molecule has 0 saturated carbocycles. The highest BCUT2D eigenvalue weighted by molar-refractivity contribution is 6.03. The smallest absolute Gasteiger partial charge is 0.254 e. The minimum absolute atomic E-state index is 0.112. The van der Waals surface area contributed by atoms with Crippen molar-refractivity contribution in [1.82, 2.24) is 16.0 Å². The lowest BCUT2D eigenvalue weighted by Crippen LogP contribution is -2.52. The van der Waals surface area contributed by atoms with Gasteiger partial charge in [-0.2, -0.15) is 0 Å². The van der Waals surface area contributed by atoms with Crippen LogP contribution in [-0.2, 0) is 9.59 Å². The maximum Gasteiger partial charge on any atom is 0.254 e. The molecule has 2 aliphatic rings. The van der Waals surface area contributed by atoms with Gasteiger partial charge in [-0.3, -0.25) is 19.7 Å². The molecule has 3 rings (SSSR count). The van der Waals surface area contributed by atoms with Crippen LogP contribution in [0.2, 0.25) is 0 Å². The van der Waals surface area contributed by atoms with Crippen LogP contribution in [0.1, 0.15) is 23.2 Å². The van der Waals surface area contributed by atoms with Crippen LogP contribution in [0.15, 0.2) is 18.2 Å². The molecule has 7 nitrogen and oxygen atoms in total. The maximum absolute atomic E-state index is 14.3. The Balaban J connectivity index is 1.68. The molecule has 0 bridgehead atoms. The molecule has 1 atom stereocenters. The number of piperidine rings is 1. The van der Waals surface area contributed by atoms with Crippen LogP contribution in [0.3, 0.4) is 0 Å². The minimum Gasteiger partial charge on any atom is -0.369 e. The number of imide groups is 1. The number of amides is 3. The molecular formula is C16H19FN4O3. The second kappa shape index (κ2) is 6.96. The Morgan fingerprint density at radius 2 is 2.00 bits per heavy atom. The van der Waals surface area contributed by atoms with Gasteiger partial charge in [0.15, 0.2) is 0 Å². The SMILES string of the molecule is O=C1CC[C@H](NC(=O)c2ccc(N3CCNCC3)cc2F)C(=O)N1. The Morgan fingerprint density at radius 3 is 2.67 bits per heavy atom. The number of anilines is 1. The van der Waals surface area contributed by atoms with Gasteiger partial charge >= 0.3 is 0 Å². The Kier molecular flexibility index (Phi) is 4.75. The van der Waals surface area contributed by atoms with E-state index >= 15 is 0 Å². The first-order valence-electron chi connectivity index (χ1n) is 7.94. The van der Waals surface area contributed by atoms with Crippen molar-refractivity contribution in [3.8, 4) is 0 Å². The summed E-state index contributed by atoms with van der Waals surface area (Å²) in [6, 6.07) is 3.65. The highest BCUT2D eigenvalue weighted by Crippen LogP contribution is 2.19. The van der Waals surface area contributed by atoms with Gasteiger partial charge in [0.25, 0.3) is 5.91 Å². The van der Waals surface area contributed by atoms with Crippen LogP contribution in [0, 0.1) is 5.82 Å². The van der Waals surface area contributed by atoms with E-state index in [4.69, 9.17) is 0 Å². The molecule has 1 aromatic carbocycles. The number of piperazine rings is 1. The number of nitrogens with one attached hydrogen (secondary N) is 3. The largest absolute Gasteiger partial charge is 0.369 e. The molecule has 0 unspecified atom stereocenters. The predicted octanol–water partition coefficient (Wildman–Crippen LogP) is -0.230. The summed E-state index contributed by atoms with van der Waals surface area (Å²) in [5, 5.41) is 7.85. The van der Waals surface area contributed by atoms with Gasteiger partial charge in [-0.05, 0) is 24.6 Å². The van der Waals surface area contributed by atoms with Gasteiger partial charge in [0, 0.05) is 38.3 Å². The molecule has 0 spiro atoms. The van der Waals surface area contributed by atoms with Crippen LogP contribution >= 0.6 is 0 Å². The van der Waals surface area contributed by atoms with Crippen molar-refractivity contribution >= 4 is 23.4 Å². The van der Waals surface area contributed by atoms with Gasteiger partial charge in [0.05, 0.1) is 5.56 Å². The molecule has 3 N–H and O–H groups in total. The van der Waals surface area contributed by atoms with Gasteiger partial charge in [0.1, 0.15) is 11.9 Å². The first-order chi connectivity index (χ1) is 11.5. The lowest BCUT2D eigenvalue weighted by molar-refractivity contribution is -0.134. The Bertz CT molecular complexity index is 673. The number of nitrogens with zero attached hydrogens (tertiary/aromatic N) is 1. The monoisotopic (exact) mass is 334 g/mol. The molecule has 8 heteroatoms. The van der Waals surface area contributed by atoms with Crippen molar-refractivity contribution in [2.75, 3.05) is 31.1 Å². The van der Waals surface area contributed by atoms with Crippen molar-refractivity contribution in [3.63, 3.8) is 0 Å². The highest BCUT2D eigenvalue weighted by atomic mass is 19.1. The van der Waals surface area contributed by atoms with E-state index in [1.165, 1.54) is 12.1 Å². The summed E-state index contributed by atoms with van der Waals surface area (Å²) in [4.78, 5) is 37.0. The van der Waals surface area contributed by atoms with Crippen LogP contribution < -0.4 is 20.9 Å². The van der Waals surface area contributed by atoms with Crippen LogP contribution in [0.25, 0.3) is 0 Å². The number of hydrogen-bond acceptors (Lipinski definition) is 5. The molecule has 2 saturated heterocycles. The zero-order valence-corrected chi connectivity index (χ0v) is 13.1. The first kappa shape index (κ1) is 16.4. The fraction of sp³-hybridized carbons (Fsp3) is 0.438. The lowest BCUT2D eigenvalue weighted by atomic mass is 10.1. The Hall–Kier alpha value is -2.48. The van der Waals surface area contributed by atoms with Crippen molar-refractivity contribution in [1.29, 1.82) is 0 Å². The molecule has 3 amide bonds. The van der Waals surface area contributed by atoms with E-state index in [1.807, 2.05) is 4.90 Å². The Morgan fingerprint density at radius 1 is 1.25 bits per heavy atom. The van der Waals surface area contributed by atoms with E-state index in [-0.39, 0.29) is 24.3 Å². The van der Waals surface area contributed by atoms with Gasteiger partial charge in [0.2, 0.25) is 11.8 Å². The van der Waals surface area contributed by atoms with Crippen molar-refractivity contribution in [3.05, 3.63) is 29.6 Å². The standard InChI is InChI=1S/C16H19FN4O3/c17-12-9-10(21-7-5-18-6-8-21)1-2-11(12)15(23)19-13-3-4-14(22)20-16(13)24/h1-2,9,13,18H,3-8H2,(H,19,23)(H,20,22,24)/t13-/m0/s1. The second-order valence-electron chi connectivity index (χ2n) is 5.88. The number of hydrogen-bond donors (Lipinski definition) is 3. The second-order valence-corrected chi connectivity index (χ2v) is 5.88. The summed E-state index contributed by atoms with van der Waals surface area (Å²) in [5.41, 5.74) is 0.616. The quantitative estimate of drug-likeness (QED) is 0.665. The number of carbonyl (C=O) groups is 3. The summed E-state index contributed by atoms with van der Waals surface area (Å²) in [6.07, 6.45) is 0.373. The average molecular weight is 334 g/mol. The third kappa shape index (κ3) is 3.53. The fourth-order valence-corrected chi connectivity index (χ4v) is 2.88. The highest BCUT2D eigenvalue weighted by Gasteiger charge is 2.28. The van der Waals surface area contributed by atoms with E-state index in [9.17, 15) is 18.8 Å². The summed E-state index contributed by atoms with van der Waals surface area (Å²) in [5.74, 6) is -2.21. The van der Waals surface area contributed by atoms with Gasteiger partial charge in [-0.1, -0.05) is 0 Å². The van der Waals surface area contributed by atoms with E-state index in [0.29, 0.717) is 0 Å². The molecule has 24 heavy (non-hydrogen) atoms. The first-order valence-corrected chi connectivity index (χ1v) is 7.94. The molecule has 0 radical (unpaired) electrons. The van der Waals surface area contributed by atoms with Crippen LogP contribution in [-0.4, -0.2) is 49.9 Å². The third-order valence-corrected chi connectivity index (χ3v) is 4.22. The summed E-state index contributed by atoms with van der Waals surface area (Å²) in [7, 11) is 0. The molecule has 2 heterocycles. The minimum atomic E-state index is -0.817. The third-order valence-electron chi connectivity index (χ3n) is 4.22. The average Bonchev–Trinajstić information content (AvgIpc) is 2.58. The lowest BCUT2D eigenvalue weighted by Gasteiger charge is -2.29. The molecular weight excluding hydrogens is 315 g/mol. The summed E-state index contributed by atoms with van der Waals surface area (Å²) < 4.78 is 14.3. The number of benzene rings is 1. The Labute approximate surface area is 138 Å². The molecule has 2 fully saturated rings. The molecule has 2 aliphatic heterocycles. The summed E-state index contributed by atoms with van der Waals surface area (Å²) >= 11 is 0. The zero-order chi connectivity index (χ0) is 17.1. The van der Waals surface area contributed by atoms with Gasteiger partial charge in [-0.15, -0.1) is 0 Å². The van der Waals surface area contributed by atoms with E-state index in [0.717, 1.165) is 31.9 Å². The molecule has 128 valence electrons. The summed E-state index contributed by atoms with van der Waals surface area (Å²) in [6.45, 7) is 3.22. The van der Waals surface area contributed by atoms with Gasteiger partial charge in [-0.25, -0.2) is 4.39 Å². The van der Waals surface area contributed by atoms with Crippen molar-refractivity contribution < 1.29 is 18.8 Å². The predicted molar refractivity (Wildman–Crippen MR) is 85.1 cm³/mol. The van der Waals surface area contributed by atoms with Crippen LogP contribution in [0.5, 0.6) is 0 Å². The zero-order valence-electron chi connectivity index (χ0n) is 13.1. The normalized spacial score (nSPS) is 21.4. The van der Waals surface area contributed by atoms with E-state index in [1.54, 1.807) is 6.07 Å². The number of rotatable bonds is 3. The fourth-order valence-electron chi connectivity index (χ4n) is 2.88. The number of halogens is 1. The van der Waals surface area contributed by atoms with Crippen molar-refractivity contribution in [2.45, 2.75) is 18.9 Å². The van der Waals surface area contributed by atoms with Crippen LogP contribution in [0.4, 0.5) is 10.1 Å². The van der Waals surface area contributed by atoms with E-state index in [2.05, 4.69) is 16.0 Å². The molecule has 0 aliphatic carbocycles.